The highest BCUT2D eigenvalue weighted by Crippen LogP contribution is 2.26. The third-order valence-corrected chi connectivity index (χ3v) is 4.33. The van der Waals surface area contributed by atoms with Gasteiger partial charge in [-0.2, -0.15) is 0 Å². The molecule has 0 spiro atoms. The number of rotatable bonds is 7. The lowest BCUT2D eigenvalue weighted by atomic mass is 10.2. The van der Waals surface area contributed by atoms with E-state index in [-0.39, 0.29) is 5.91 Å². The molecule has 0 aliphatic carbocycles. The summed E-state index contributed by atoms with van der Waals surface area (Å²) in [5.41, 5.74) is 6.03. The number of carbonyl (C=O) groups excluding carboxylic acids is 3. The minimum absolute atomic E-state index is 0.197. The third-order valence-electron chi connectivity index (χ3n) is 3.71. The van der Waals surface area contributed by atoms with Gasteiger partial charge >= 0.3 is 0 Å². The lowest BCUT2D eigenvalue weighted by Crippen LogP contribution is -2.41. The normalized spacial score (nSPS) is 10.1. The Morgan fingerprint density at radius 2 is 1.57 bits per heavy atom. The molecule has 8 heteroatoms. The van der Waals surface area contributed by atoms with Crippen LogP contribution in [0.1, 0.15) is 47.4 Å². The van der Waals surface area contributed by atoms with Gasteiger partial charge in [0, 0.05) is 23.7 Å². The Bertz CT molecular complexity index is 853. The second-order valence-corrected chi connectivity index (χ2v) is 6.87. The van der Waals surface area contributed by atoms with Crippen molar-refractivity contribution in [1.29, 1.82) is 0 Å². The van der Waals surface area contributed by atoms with Gasteiger partial charge in [-0.15, -0.1) is 0 Å². The van der Waals surface area contributed by atoms with Gasteiger partial charge in [0.05, 0.1) is 11.1 Å². The number of ether oxygens (including phenoxy) is 1. The summed E-state index contributed by atoms with van der Waals surface area (Å²) in [6.07, 6.45) is 1.99. The number of unbranched alkanes of at least 4 members (excludes halogenated alkanes) is 1. The van der Waals surface area contributed by atoms with Crippen LogP contribution in [0.15, 0.2) is 46.9 Å². The Labute approximate surface area is 171 Å². The zero-order valence-corrected chi connectivity index (χ0v) is 17.3. The number of halogens is 1. The van der Waals surface area contributed by atoms with Gasteiger partial charge < -0.3 is 10.1 Å². The summed E-state index contributed by atoms with van der Waals surface area (Å²) in [5, 5.41) is 2.61. The molecule has 0 aliphatic heterocycles. The molecular formula is C20H22BrN3O4. The topological polar surface area (TPSA) is 96.5 Å². The average molecular weight is 448 g/mol. The molecule has 0 fully saturated rings. The largest absolute Gasteiger partial charge is 0.492 e. The highest BCUT2D eigenvalue weighted by Gasteiger charge is 2.11. The van der Waals surface area contributed by atoms with Crippen LogP contribution in [-0.2, 0) is 4.79 Å². The Morgan fingerprint density at radius 3 is 2.14 bits per heavy atom. The van der Waals surface area contributed by atoms with Crippen molar-refractivity contribution >= 4 is 39.3 Å². The van der Waals surface area contributed by atoms with Gasteiger partial charge in [0.15, 0.2) is 0 Å². The van der Waals surface area contributed by atoms with Crippen LogP contribution in [0.3, 0.4) is 0 Å². The Hall–Kier alpha value is -2.87. The predicted octanol–water partition coefficient (Wildman–Crippen LogP) is 3.66. The van der Waals surface area contributed by atoms with Gasteiger partial charge in [-0.25, -0.2) is 0 Å². The number of nitrogens with one attached hydrogen (secondary N) is 3. The Balaban J connectivity index is 1.91. The molecule has 2 aromatic rings. The lowest BCUT2D eigenvalue weighted by molar-refractivity contribution is -0.114. The van der Waals surface area contributed by atoms with Gasteiger partial charge in [0.2, 0.25) is 5.91 Å². The smallest absolute Gasteiger partial charge is 0.269 e. The van der Waals surface area contributed by atoms with E-state index in [4.69, 9.17) is 4.74 Å². The molecule has 0 aromatic heterocycles. The van der Waals surface area contributed by atoms with E-state index in [0.29, 0.717) is 33.6 Å². The van der Waals surface area contributed by atoms with Crippen LogP contribution < -0.4 is 20.9 Å². The minimum atomic E-state index is -0.471. The van der Waals surface area contributed by atoms with Crippen LogP contribution in [0, 0.1) is 0 Å². The molecule has 0 heterocycles. The van der Waals surface area contributed by atoms with E-state index in [9.17, 15) is 14.4 Å². The van der Waals surface area contributed by atoms with Crippen LogP contribution in [0.5, 0.6) is 5.75 Å². The van der Waals surface area contributed by atoms with Crippen molar-refractivity contribution in [3.05, 3.63) is 58.1 Å². The Kier molecular flexibility index (Phi) is 8.01. The maximum atomic E-state index is 12.2. The standard InChI is InChI=1S/C20H22BrN3O4/c1-3-4-11-28-18-10-7-15(12-17(18)21)20(27)24-23-19(26)14-5-8-16(9-6-14)22-13(2)25/h5-10,12H,3-4,11H2,1-2H3,(H,22,25)(H,23,26)(H,24,27). The molecule has 2 aromatic carbocycles. The highest BCUT2D eigenvalue weighted by molar-refractivity contribution is 9.10. The first kappa shape index (κ1) is 21.4. The lowest BCUT2D eigenvalue weighted by Gasteiger charge is -2.11. The first-order valence-corrected chi connectivity index (χ1v) is 9.60. The number of carbonyl (C=O) groups is 3. The van der Waals surface area contributed by atoms with Gasteiger partial charge in [-0.1, -0.05) is 13.3 Å². The van der Waals surface area contributed by atoms with E-state index in [1.165, 1.54) is 6.92 Å². The maximum absolute atomic E-state index is 12.2. The number of anilines is 1. The van der Waals surface area contributed by atoms with Gasteiger partial charge in [-0.3, -0.25) is 25.2 Å². The van der Waals surface area contributed by atoms with E-state index in [1.807, 2.05) is 0 Å². The van der Waals surface area contributed by atoms with Crippen molar-refractivity contribution in [1.82, 2.24) is 10.9 Å². The molecule has 0 bridgehead atoms. The number of hydrogen-bond donors (Lipinski definition) is 3. The van der Waals surface area contributed by atoms with E-state index >= 15 is 0 Å². The molecule has 0 radical (unpaired) electrons. The summed E-state index contributed by atoms with van der Waals surface area (Å²) in [4.78, 5) is 35.4. The van der Waals surface area contributed by atoms with Crippen molar-refractivity contribution in [3.8, 4) is 5.75 Å². The van der Waals surface area contributed by atoms with Crippen molar-refractivity contribution in [2.24, 2.45) is 0 Å². The second kappa shape index (κ2) is 10.5. The summed E-state index contributed by atoms with van der Waals surface area (Å²) >= 11 is 3.39. The summed E-state index contributed by atoms with van der Waals surface area (Å²) in [6.45, 7) is 4.09. The van der Waals surface area contributed by atoms with Gasteiger partial charge in [0.1, 0.15) is 5.75 Å². The fourth-order valence-corrected chi connectivity index (χ4v) is 2.74. The maximum Gasteiger partial charge on any atom is 0.269 e. The molecule has 7 nitrogen and oxygen atoms in total. The predicted molar refractivity (Wildman–Crippen MR) is 110 cm³/mol. The van der Waals surface area contributed by atoms with Crippen LogP contribution in [-0.4, -0.2) is 24.3 Å². The summed E-state index contributed by atoms with van der Waals surface area (Å²) < 4.78 is 6.29. The monoisotopic (exact) mass is 447 g/mol. The highest BCUT2D eigenvalue weighted by atomic mass is 79.9. The molecule has 28 heavy (non-hydrogen) atoms. The second-order valence-electron chi connectivity index (χ2n) is 6.01. The summed E-state index contributed by atoms with van der Waals surface area (Å²) in [5.74, 6) is -0.462. The van der Waals surface area contributed by atoms with Crippen LogP contribution in [0.25, 0.3) is 0 Å². The quantitative estimate of drug-likeness (QED) is 0.445. The molecule has 0 saturated heterocycles. The first-order valence-electron chi connectivity index (χ1n) is 8.81. The molecule has 0 unspecified atom stereocenters. The van der Waals surface area contributed by atoms with Gasteiger partial charge in [-0.05, 0) is 64.8 Å². The van der Waals surface area contributed by atoms with Crippen LogP contribution in [0.4, 0.5) is 5.69 Å². The SMILES string of the molecule is CCCCOc1ccc(C(=O)NNC(=O)c2ccc(NC(C)=O)cc2)cc1Br. The fraction of sp³-hybridized carbons (Fsp3) is 0.250. The van der Waals surface area contributed by atoms with E-state index in [2.05, 4.69) is 39.0 Å². The molecule has 0 aliphatic rings. The van der Waals surface area contributed by atoms with Crippen LogP contribution >= 0.6 is 15.9 Å². The number of benzene rings is 2. The third kappa shape index (κ3) is 6.38. The Morgan fingerprint density at radius 1 is 0.964 bits per heavy atom. The molecular weight excluding hydrogens is 426 g/mol. The van der Waals surface area contributed by atoms with Gasteiger partial charge in [0.25, 0.3) is 11.8 Å². The minimum Gasteiger partial charge on any atom is -0.492 e. The molecule has 0 atom stereocenters. The summed E-state index contributed by atoms with van der Waals surface area (Å²) in [7, 11) is 0. The van der Waals surface area contributed by atoms with Crippen molar-refractivity contribution in [2.75, 3.05) is 11.9 Å². The van der Waals surface area contributed by atoms with Crippen molar-refractivity contribution in [3.63, 3.8) is 0 Å². The van der Waals surface area contributed by atoms with E-state index in [0.717, 1.165) is 12.8 Å². The number of amides is 3. The zero-order chi connectivity index (χ0) is 20.5. The van der Waals surface area contributed by atoms with Crippen LogP contribution in [0.2, 0.25) is 0 Å². The molecule has 2 rings (SSSR count). The van der Waals surface area contributed by atoms with Crippen molar-refractivity contribution in [2.45, 2.75) is 26.7 Å². The van der Waals surface area contributed by atoms with E-state index < -0.39 is 11.8 Å². The number of hydrazine groups is 1. The molecule has 148 valence electrons. The summed E-state index contributed by atoms with van der Waals surface area (Å²) in [6, 6.07) is 11.3. The van der Waals surface area contributed by atoms with E-state index in [1.54, 1.807) is 42.5 Å². The average Bonchev–Trinajstić information content (AvgIpc) is 2.67. The molecule has 3 N–H and O–H groups in total. The zero-order valence-electron chi connectivity index (χ0n) is 15.7. The van der Waals surface area contributed by atoms with Crippen molar-refractivity contribution < 1.29 is 19.1 Å². The first-order chi connectivity index (χ1) is 13.4. The molecule has 0 saturated carbocycles. The number of hydrogen-bond acceptors (Lipinski definition) is 4. The molecule has 3 amide bonds. The fourth-order valence-electron chi connectivity index (χ4n) is 2.25.